The molecule has 1 unspecified atom stereocenters. The van der Waals surface area contributed by atoms with E-state index in [-0.39, 0.29) is 5.78 Å². The number of ketones is 1. The SMILES string of the molecule is C#CCN1C=CC(=O)C(c2ccc(Sc3cccc(OCCC)c3)cc2)(c2c(C)cccc2OCCC)C1. The van der Waals surface area contributed by atoms with Crippen LogP contribution in [-0.4, -0.2) is 37.0 Å². The van der Waals surface area contributed by atoms with E-state index in [0.717, 1.165) is 50.8 Å². The number of aryl methyl sites for hydroxylation is 1. The fourth-order valence-electron chi connectivity index (χ4n) is 4.87. The number of nitrogens with zero attached hydrogens (tertiary/aromatic N) is 1. The predicted molar refractivity (Wildman–Crippen MR) is 155 cm³/mol. The minimum Gasteiger partial charge on any atom is -0.494 e. The number of hydrogen-bond acceptors (Lipinski definition) is 5. The summed E-state index contributed by atoms with van der Waals surface area (Å²) < 4.78 is 12.0. The van der Waals surface area contributed by atoms with Gasteiger partial charge in [0, 0.05) is 28.1 Å². The summed E-state index contributed by atoms with van der Waals surface area (Å²) in [4.78, 5) is 18.1. The molecule has 4 rings (SSSR count). The van der Waals surface area contributed by atoms with Gasteiger partial charge in [-0.15, -0.1) is 6.42 Å². The van der Waals surface area contributed by atoms with Crippen molar-refractivity contribution >= 4 is 17.5 Å². The van der Waals surface area contributed by atoms with Gasteiger partial charge in [-0.05, 0) is 73.4 Å². The molecule has 3 aromatic rings. The molecule has 3 aromatic carbocycles. The molecule has 1 aliphatic rings. The van der Waals surface area contributed by atoms with Crippen LogP contribution in [0.15, 0.2) is 88.8 Å². The van der Waals surface area contributed by atoms with Crippen molar-refractivity contribution in [1.82, 2.24) is 4.90 Å². The van der Waals surface area contributed by atoms with E-state index in [1.54, 1.807) is 17.8 Å². The summed E-state index contributed by atoms with van der Waals surface area (Å²) in [6.45, 7) is 8.38. The number of allylic oxidation sites excluding steroid dienone is 1. The summed E-state index contributed by atoms with van der Waals surface area (Å²) in [5, 5.41) is 0. The summed E-state index contributed by atoms with van der Waals surface area (Å²) in [6, 6.07) is 22.5. The summed E-state index contributed by atoms with van der Waals surface area (Å²) >= 11 is 1.67. The highest BCUT2D eigenvalue weighted by atomic mass is 32.2. The Bertz CT molecular complexity index is 1320. The summed E-state index contributed by atoms with van der Waals surface area (Å²) in [7, 11) is 0. The van der Waals surface area contributed by atoms with Crippen LogP contribution in [0.4, 0.5) is 0 Å². The maximum Gasteiger partial charge on any atom is 0.173 e. The second-order valence-electron chi connectivity index (χ2n) is 9.44. The summed E-state index contributed by atoms with van der Waals surface area (Å²) in [5.41, 5.74) is 1.92. The Morgan fingerprint density at radius 3 is 2.45 bits per heavy atom. The molecule has 5 heteroatoms. The van der Waals surface area contributed by atoms with Crippen LogP contribution in [0, 0.1) is 19.3 Å². The minimum atomic E-state index is -0.933. The van der Waals surface area contributed by atoms with E-state index in [1.807, 2.05) is 48.4 Å². The summed E-state index contributed by atoms with van der Waals surface area (Å²) in [5.74, 6) is 4.38. The van der Waals surface area contributed by atoms with Crippen molar-refractivity contribution in [3.8, 4) is 23.8 Å². The van der Waals surface area contributed by atoms with Gasteiger partial charge in [-0.3, -0.25) is 4.79 Å². The molecule has 0 saturated carbocycles. The van der Waals surface area contributed by atoms with E-state index in [1.165, 1.54) is 0 Å². The Kier molecular flexibility index (Phi) is 9.20. The van der Waals surface area contributed by atoms with Crippen LogP contribution in [0.3, 0.4) is 0 Å². The van der Waals surface area contributed by atoms with Crippen molar-refractivity contribution in [2.45, 2.75) is 48.8 Å². The zero-order chi connectivity index (χ0) is 27.0. The largest absolute Gasteiger partial charge is 0.494 e. The maximum atomic E-state index is 13.9. The molecule has 1 aliphatic heterocycles. The van der Waals surface area contributed by atoms with E-state index < -0.39 is 5.41 Å². The Morgan fingerprint density at radius 1 is 0.974 bits per heavy atom. The normalized spacial score (nSPS) is 16.8. The maximum absolute atomic E-state index is 13.9. The van der Waals surface area contributed by atoms with Crippen molar-refractivity contribution in [2.75, 3.05) is 26.3 Å². The highest BCUT2D eigenvalue weighted by Crippen LogP contribution is 2.44. The topological polar surface area (TPSA) is 38.8 Å². The Labute approximate surface area is 231 Å². The van der Waals surface area contributed by atoms with E-state index in [2.05, 4.69) is 56.2 Å². The molecule has 0 aromatic heterocycles. The van der Waals surface area contributed by atoms with Gasteiger partial charge in [0.05, 0.1) is 19.8 Å². The monoisotopic (exact) mass is 525 g/mol. The fraction of sp³-hybridized carbons (Fsp3) is 0.303. The Balaban J connectivity index is 1.75. The third-order valence-corrected chi connectivity index (χ3v) is 7.57. The summed E-state index contributed by atoms with van der Waals surface area (Å²) in [6.07, 6.45) is 11.0. The number of benzene rings is 3. The lowest BCUT2D eigenvalue weighted by Crippen LogP contribution is -2.49. The number of terminal acetylenes is 1. The number of hydrogen-bond donors (Lipinski definition) is 0. The van der Waals surface area contributed by atoms with E-state index >= 15 is 0 Å². The fourth-order valence-corrected chi connectivity index (χ4v) is 5.73. The third kappa shape index (κ3) is 5.92. The van der Waals surface area contributed by atoms with Gasteiger partial charge in [0.25, 0.3) is 0 Å². The van der Waals surface area contributed by atoms with Crippen LogP contribution < -0.4 is 9.47 Å². The first-order chi connectivity index (χ1) is 18.5. The third-order valence-electron chi connectivity index (χ3n) is 6.58. The molecular weight excluding hydrogens is 490 g/mol. The van der Waals surface area contributed by atoms with Crippen LogP contribution >= 0.6 is 11.8 Å². The molecule has 4 nitrogen and oxygen atoms in total. The van der Waals surface area contributed by atoms with Gasteiger partial charge in [-0.25, -0.2) is 0 Å². The Morgan fingerprint density at radius 2 is 1.71 bits per heavy atom. The van der Waals surface area contributed by atoms with Crippen molar-refractivity contribution < 1.29 is 14.3 Å². The minimum absolute atomic E-state index is 0.0302. The van der Waals surface area contributed by atoms with E-state index in [0.29, 0.717) is 26.3 Å². The molecule has 1 atom stereocenters. The first-order valence-electron chi connectivity index (χ1n) is 13.2. The molecule has 0 fully saturated rings. The Hall–Kier alpha value is -3.62. The number of carbonyl (C=O) groups excluding carboxylic acids is 1. The number of carbonyl (C=O) groups is 1. The predicted octanol–water partition coefficient (Wildman–Crippen LogP) is 7.04. The molecule has 0 aliphatic carbocycles. The molecule has 0 radical (unpaired) electrons. The molecule has 0 saturated heterocycles. The highest BCUT2D eigenvalue weighted by molar-refractivity contribution is 7.99. The lowest BCUT2D eigenvalue weighted by molar-refractivity contribution is -0.119. The van der Waals surface area contributed by atoms with E-state index in [4.69, 9.17) is 15.9 Å². The first kappa shape index (κ1) is 27.4. The number of ether oxygens (including phenoxy) is 2. The molecule has 0 bridgehead atoms. The van der Waals surface area contributed by atoms with Gasteiger partial charge >= 0.3 is 0 Å². The van der Waals surface area contributed by atoms with Gasteiger partial charge < -0.3 is 14.4 Å². The van der Waals surface area contributed by atoms with Crippen LogP contribution in [0.1, 0.15) is 43.4 Å². The molecule has 1 heterocycles. The van der Waals surface area contributed by atoms with Gasteiger partial charge in [0.1, 0.15) is 16.9 Å². The van der Waals surface area contributed by atoms with Crippen LogP contribution in [0.25, 0.3) is 0 Å². The van der Waals surface area contributed by atoms with Crippen LogP contribution in [0.5, 0.6) is 11.5 Å². The zero-order valence-electron chi connectivity index (χ0n) is 22.4. The molecule has 0 amide bonds. The van der Waals surface area contributed by atoms with Crippen LogP contribution in [-0.2, 0) is 10.2 Å². The molecule has 0 N–H and O–H groups in total. The van der Waals surface area contributed by atoms with Crippen LogP contribution in [0.2, 0.25) is 0 Å². The second-order valence-corrected chi connectivity index (χ2v) is 10.6. The van der Waals surface area contributed by atoms with Gasteiger partial charge in [-0.2, -0.15) is 0 Å². The smallest absolute Gasteiger partial charge is 0.173 e. The lowest BCUT2D eigenvalue weighted by atomic mass is 9.68. The standard InChI is InChI=1S/C33H35NO3S/c1-5-19-34-20-18-31(35)33(24-34,32-25(4)10-8-13-30(32)37-22-7-3)26-14-16-28(17-15-26)38-29-12-9-11-27(23-29)36-21-6-2/h1,8-18,20,23H,6-7,19,21-22,24H2,2-4H3. The van der Waals surface area contributed by atoms with Crippen molar-refractivity contribution in [1.29, 1.82) is 0 Å². The average Bonchev–Trinajstić information content (AvgIpc) is 2.93. The lowest BCUT2D eigenvalue weighted by Gasteiger charge is -2.41. The molecule has 38 heavy (non-hydrogen) atoms. The van der Waals surface area contributed by atoms with Gasteiger partial charge in [0.15, 0.2) is 5.78 Å². The van der Waals surface area contributed by atoms with Gasteiger partial charge in [-0.1, -0.05) is 61.9 Å². The van der Waals surface area contributed by atoms with Gasteiger partial charge in [0.2, 0.25) is 0 Å². The zero-order valence-corrected chi connectivity index (χ0v) is 23.2. The quantitative estimate of drug-likeness (QED) is 0.251. The second kappa shape index (κ2) is 12.8. The van der Waals surface area contributed by atoms with Crippen molar-refractivity contribution in [3.63, 3.8) is 0 Å². The molecular formula is C33H35NO3S. The first-order valence-corrected chi connectivity index (χ1v) is 14.0. The molecule has 0 spiro atoms. The highest BCUT2D eigenvalue weighted by Gasteiger charge is 2.46. The van der Waals surface area contributed by atoms with Crippen molar-refractivity contribution in [3.05, 3.63) is 95.7 Å². The average molecular weight is 526 g/mol. The molecule has 196 valence electrons. The van der Waals surface area contributed by atoms with E-state index in [9.17, 15) is 4.79 Å². The number of rotatable bonds is 11. The van der Waals surface area contributed by atoms with Crippen molar-refractivity contribution in [2.24, 2.45) is 0 Å².